The van der Waals surface area contributed by atoms with Crippen molar-refractivity contribution in [1.29, 1.82) is 0 Å². The predicted molar refractivity (Wildman–Crippen MR) is 122 cm³/mol. The quantitative estimate of drug-likeness (QED) is 0.411. The highest BCUT2D eigenvalue weighted by Gasteiger charge is 2.33. The maximum atomic E-state index is 13.6. The standard InChI is InChI=1S/C25H33FN2O4/c1-8-27-17(6)21(16(5)22(27)25(31)32-9-2)23(29)18(7)28(14-15(3)4)24(30)19-10-12-20(26)13-11-19/h10-13,15,18H,8-9,14H2,1-7H3. The van der Waals surface area contributed by atoms with Crippen LogP contribution in [0.15, 0.2) is 24.3 Å². The second-order valence-electron chi connectivity index (χ2n) is 8.30. The van der Waals surface area contributed by atoms with Crippen molar-refractivity contribution in [2.75, 3.05) is 13.2 Å². The van der Waals surface area contributed by atoms with Crippen LogP contribution >= 0.6 is 0 Å². The highest BCUT2D eigenvalue weighted by Crippen LogP contribution is 2.26. The Bertz CT molecular complexity index is 992. The summed E-state index contributed by atoms with van der Waals surface area (Å²) in [5, 5.41) is 0. The molecule has 1 aromatic carbocycles. The van der Waals surface area contributed by atoms with Crippen molar-refractivity contribution < 1.29 is 23.5 Å². The molecule has 1 unspecified atom stereocenters. The van der Waals surface area contributed by atoms with Crippen LogP contribution in [0.3, 0.4) is 0 Å². The molecule has 6 nitrogen and oxygen atoms in total. The van der Waals surface area contributed by atoms with Gasteiger partial charge in [-0.3, -0.25) is 9.59 Å². The Hall–Kier alpha value is -2.96. The maximum absolute atomic E-state index is 13.6. The number of hydrogen-bond acceptors (Lipinski definition) is 4. The Morgan fingerprint density at radius 2 is 1.66 bits per heavy atom. The minimum atomic E-state index is -0.768. The van der Waals surface area contributed by atoms with Crippen LogP contribution in [-0.4, -0.2) is 46.3 Å². The summed E-state index contributed by atoms with van der Waals surface area (Å²) in [4.78, 5) is 40.9. The van der Waals surface area contributed by atoms with Gasteiger partial charge in [0, 0.05) is 29.9 Å². The molecular formula is C25H33FN2O4. The van der Waals surface area contributed by atoms with Gasteiger partial charge in [0.1, 0.15) is 11.5 Å². The van der Waals surface area contributed by atoms with Crippen molar-refractivity contribution >= 4 is 17.7 Å². The number of halogens is 1. The molecular weight excluding hydrogens is 411 g/mol. The maximum Gasteiger partial charge on any atom is 0.355 e. The van der Waals surface area contributed by atoms with Crippen molar-refractivity contribution in [2.24, 2.45) is 5.92 Å². The smallest absolute Gasteiger partial charge is 0.355 e. The molecule has 32 heavy (non-hydrogen) atoms. The Balaban J connectivity index is 2.50. The van der Waals surface area contributed by atoms with E-state index in [4.69, 9.17) is 4.74 Å². The van der Waals surface area contributed by atoms with Crippen LogP contribution < -0.4 is 0 Å². The van der Waals surface area contributed by atoms with Crippen LogP contribution in [0.5, 0.6) is 0 Å². The molecule has 0 saturated heterocycles. The molecule has 7 heteroatoms. The average Bonchev–Trinajstić information content (AvgIpc) is 3.00. The molecule has 0 radical (unpaired) electrons. The number of benzene rings is 1. The molecule has 2 aromatic rings. The van der Waals surface area contributed by atoms with E-state index in [1.165, 1.54) is 29.2 Å². The summed E-state index contributed by atoms with van der Waals surface area (Å²) in [5.74, 6) is -1.36. The number of rotatable bonds is 9. The van der Waals surface area contributed by atoms with Gasteiger partial charge in [-0.05, 0) is 70.4 Å². The second kappa shape index (κ2) is 10.6. The number of carbonyl (C=O) groups is 3. The molecule has 0 saturated carbocycles. The Kier molecular flexibility index (Phi) is 8.36. The summed E-state index contributed by atoms with van der Waals surface area (Å²) in [6.07, 6.45) is 0. The number of hydrogen-bond donors (Lipinski definition) is 0. The summed E-state index contributed by atoms with van der Waals surface area (Å²) < 4.78 is 20.3. The lowest BCUT2D eigenvalue weighted by Gasteiger charge is -2.30. The van der Waals surface area contributed by atoms with E-state index in [0.717, 1.165) is 0 Å². The number of aromatic nitrogens is 1. The largest absolute Gasteiger partial charge is 0.461 e. The van der Waals surface area contributed by atoms with E-state index in [9.17, 15) is 18.8 Å². The normalized spacial score (nSPS) is 12.0. The van der Waals surface area contributed by atoms with E-state index in [-0.39, 0.29) is 24.2 Å². The number of carbonyl (C=O) groups excluding carboxylic acids is 3. The number of ketones is 1. The number of ether oxygens (including phenoxy) is 1. The summed E-state index contributed by atoms with van der Waals surface area (Å²) in [5.41, 5.74) is 2.34. The Morgan fingerprint density at radius 1 is 1.06 bits per heavy atom. The van der Waals surface area contributed by atoms with Gasteiger partial charge < -0.3 is 14.2 Å². The van der Waals surface area contributed by atoms with Crippen molar-refractivity contribution in [2.45, 2.75) is 61.1 Å². The van der Waals surface area contributed by atoms with Gasteiger partial charge in [-0.25, -0.2) is 9.18 Å². The minimum Gasteiger partial charge on any atom is -0.461 e. The SMILES string of the molecule is CCOC(=O)c1c(C)c(C(=O)C(C)N(CC(C)C)C(=O)c2ccc(F)cc2)c(C)n1CC. The molecule has 0 spiro atoms. The van der Waals surface area contributed by atoms with E-state index in [2.05, 4.69) is 0 Å². The molecule has 0 N–H and O–H groups in total. The van der Waals surface area contributed by atoms with Gasteiger partial charge in [-0.15, -0.1) is 0 Å². The third-order valence-corrected chi connectivity index (χ3v) is 5.56. The first-order valence-corrected chi connectivity index (χ1v) is 11.0. The first-order chi connectivity index (χ1) is 15.0. The molecule has 0 aliphatic carbocycles. The lowest BCUT2D eigenvalue weighted by Crippen LogP contribution is -2.45. The number of Topliss-reactive ketones (excluding diaryl/α,β-unsaturated/α-hetero) is 1. The van der Waals surface area contributed by atoms with Gasteiger partial charge in [0.15, 0.2) is 5.78 Å². The fourth-order valence-corrected chi connectivity index (χ4v) is 4.03. The van der Waals surface area contributed by atoms with Crippen LogP contribution in [0, 0.1) is 25.6 Å². The summed E-state index contributed by atoms with van der Waals surface area (Å²) in [7, 11) is 0. The monoisotopic (exact) mass is 444 g/mol. The molecule has 0 fully saturated rings. The van der Waals surface area contributed by atoms with Crippen LogP contribution in [0.4, 0.5) is 4.39 Å². The molecule has 1 amide bonds. The predicted octanol–water partition coefficient (Wildman–Crippen LogP) is 4.81. The molecule has 0 bridgehead atoms. The van der Waals surface area contributed by atoms with Crippen LogP contribution in [0.1, 0.15) is 77.1 Å². The van der Waals surface area contributed by atoms with Crippen molar-refractivity contribution in [3.05, 3.63) is 58.2 Å². The third kappa shape index (κ3) is 5.09. The van der Waals surface area contributed by atoms with Crippen molar-refractivity contribution in [3.8, 4) is 0 Å². The van der Waals surface area contributed by atoms with Gasteiger partial charge >= 0.3 is 5.97 Å². The van der Waals surface area contributed by atoms with Gasteiger partial charge in [0.2, 0.25) is 0 Å². The van der Waals surface area contributed by atoms with Crippen molar-refractivity contribution in [1.82, 2.24) is 9.47 Å². The zero-order chi connectivity index (χ0) is 24.2. The molecule has 0 aliphatic rings. The van der Waals surface area contributed by atoms with E-state index < -0.39 is 17.8 Å². The van der Waals surface area contributed by atoms with E-state index in [1.807, 2.05) is 20.8 Å². The molecule has 1 aromatic heterocycles. The Labute approximate surface area is 189 Å². The molecule has 2 rings (SSSR count). The second-order valence-corrected chi connectivity index (χ2v) is 8.30. The van der Waals surface area contributed by atoms with Gasteiger partial charge in [0.05, 0.1) is 12.6 Å². The molecule has 1 heterocycles. The molecule has 1 atom stereocenters. The van der Waals surface area contributed by atoms with Gasteiger partial charge in [-0.2, -0.15) is 0 Å². The van der Waals surface area contributed by atoms with Crippen LogP contribution in [0.2, 0.25) is 0 Å². The highest BCUT2D eigenvalue weighted by atomic mass is 19.1. The molecule has 174 valence electrons. The summed E-state index contributed by atoms with van der Waals surface area (Å²) in [6.45, 7) is 13.9. The van der Waals surface area contributed by atoms with Crippen LogP contribution in [-0.2, 0) is 11.3 Å². The van der Waals surface area contributed by atoms with Gasteiger partial charge in [-0.1, -0.05) is 13.8 Å². The zero-order valence-corrected chi connectivity index (χ0v) is 20.0. The van der Waals surface area contributed by atoms with E-state index in [1.54, 1.807) is 32.3 Å². The Morgan fingerprint density at radius 3 is 2.16 bits per heavy atom. The number of esters is 1. The number of amides is 1. The highest BCUT2D eigenvalue weighted by molar-refractivity contribution is 6.07. The van der Waals surface area contributed by atoms with Gasteiger partial charge in [0.25, 0.3) is 5.91 Å². The summed E-state index contributed by atoms with van der Waals surface area (Å²) >= 11 is 0. The average molecular weight is 445 g/mol. The zero-order valence-electron chi connectivity index (χ0n) is 20.0. The lowest BCUT2D eigenvalue weighted by atomic mass is 9.98. The van der Waals surface area contributed by atoms with E-state index >= 15 is 0 Å². The topological polar surface area (TPSA) is 68.6 Å². The fraction of sp³-hybridized carbons (Fsp3) is 0.480. The van der Waals surface area contributed by atoms with E-state index in [0.29, 0.717) is 41.2 Å². The third-order valence-electron chi connectivity index (χ3n) is 5.56. The first kappa shape index (κ1) is 25.3. The number of nitrogens with zero attached hydrogens (tertiary/aromatic N) is 2. The summed E-state index contributed by atoms with van der Waals surface area (Å²) in [6, 6.07) is 4.54. The van der Waals surface area contributed by atoms with Crippen LogP contribution in [0.25, 0.3) is 0 Å². The fourth-order valence-electron chi connectivity index (χ4n) is 4.03. The van der Waals surface area contributed by atoms with Crippen molar-refractivity contribution in [3.63, 3.8) is 0 Å². The first-order valence-electron chi connectivity index (χ1n) is 11.0. The lowest BCUT2D eigenvalue weighted by molar-refractivity contribution is 0.0512. The minimum absolute atomic E-state index is 0.118. The molecule has 0 aliphatic heterocycles.